The van der Waals surface area contributed by atoms with Gasteiger partial charge in [-0.1, -0.05) is 44.3 Å². The van der Waals surface area contributed by atoms with Crippen molar-refractivity contribution in [3.8, 4) is 0 Å². The molecule has 0 aromatic rings. The van der Waals surface area contributed by atoms with Gasteiger partial charge in [0.15, 0.2) is 0 Å². The van der Waals surface area contributed by atoms with Crippen LogP contribution in [0.1, 0.15) is 57.8 Å². The van der Waals surface area contributed by atoms with Gasteiger partial charge in [-0.15, -0.1) is 0 Å². The molecule has 0 aromatic carbocycles. The van der Waals surface area contributed by atoms with Crippen molar-refractivity contribution in [1.82, 2.24) is 0 Å². The average Bonchev–Trinajstić information content (AvgIpc) is 2.05. The summed E-state index contributed by atoms with van der Waals surface area (Å²) in [6.45, 7) is 0. The quantitative estimate of drug-likeness (QED) is 0.470. The van der Waals surface area contributed by atoms with Crippen LogP contribution in [0, 0.1) is 6.42 Å². The fourth-order valence-electron chi connectivity index (χ4n) is 1.69. The minimum absolute atomic E-state index is 1.19. The molecule has 1 aliphatic rings. The maximum absolute atomic E-state index is 2.41. The van der Waals surface area contributed by atoms with E-state index >= 15 is 0 Å². The SMILES string of the molecule is [CH]1CC=CCCCCCCCC1. The highest BCUT2D eigenvalue weighted by Gasteiger charge is 1.92. The summed E-state index contributed by atoms with van der Waals surface area (Å²) < 4.78 is 0. The first-order valence-corrected chi connectivity index (χ1v) is 5.47. The zero-order valence-electron chi connectivity index (χ0n) is 8.10. The number of hydrogen-bond acceptors (Lipinski definition) is 0. The summed E-state index contributed by atoms with van der Waals surface area (Å²) in [7, 11) is 0. The molecule has 0 saturated heterocycles. The molecule has 0 nitrogen and oxygen atoms in total. The number of rotatable bonds is 0. The molecular weight excluding hydrogens is 144 g/mol. The molecule has 0 aliphatic heterocycles. The highest BCUT2D eigenvalue weighted by molar-refractivity contribution is 4.86. The Hall–Kier alpha value is -0.260. The minimum Gasteiger partial charge on any atom is -0.0885 e. The summed E-state index contributed by atoms with van der Waals surface area (Å²) in [5.74, 6) is 0. The molecular formula is C12H21. The summed E-state index contributed by atoms with van der Waals surface area (Å²) in [4.78, 5) is 0. The van der Waals surface area contributed by atoms with E-state index in [9.17, 15) is 0 Å². The fourth-order valence-corrected chi connectivity index (χ4v) is 1.69. The van der Waals surface area contributed by atoms with E-state index in [1.807, 2.05) is 0 Å². The second-order valence-electron chi connectivity index (χ2n) is 3.69. The number of hydrogen-bond donors (Lipinski definition) is 0. The Morgan fingerprint density at radius 2 is 1.25 bits per heavy atom. The molecule has 0 bridgehead atoms. The summed E-state index contributed by atoms with van der Waals surface area (Å²) in [6, 6.07) is 0. The van der Waals surface area contributed by atoms with Crippen LogP contribution < -0.4 is 0 Å². The molecule has 0 spiro atoms. The predicted octanol–water partition coefficient (Wildman–Crippen LogP) is 4.27. The molecule has 1 rings (SSSR count). The topological polar surface area (TPSA) is 0 Å². The van der Waals surface area contributed by atoms with Crippen molar-refractivity contribution in [3.05, 3.63) is 18.6 Å². The van der Waals surface area contributed by atoms with Crippen LogP contribution in [-0.2, 0) is 0 Å². The van der Waals surface area contributed by atoms with Gasteiger partial charge < -0.3 is 0 Å². The van der Waals surface area contributed by atoms with E-state index < -0.39 is 0 Å². The maximum atomic E-state index is 2.41. The lowest BCUT2D eigenvalue weighted by Gasteiger charge is -2.02. The Bertz CT molecular complexity index is 99.2. The second-order valence-corrected chi connectivity index (χ2v) is 3.69. The molecule has 0 aromatic heterocycles. The molecule has 0 atom stereocenters. The summed E-state index contributed by atoms with van der Waals surface area (Å²) in [6.07, 6.45) is 19.5. The zero-order valence-corrected chi connectivity index (χ0v) is 8.10. The Balaban J connectivity index is 2.10. The van der Waals surface area contributed by atoms with Gasteiger partial charge in [0, 0.05) is 0 Å². The lowest BCUT2D eigenvalue weighted by Crippen LogP contribution is -1.83. The molecule has 0 heteroatoms. The molecule has 0 fully saturated rings. The molecule has 0 amide bonds. The van der Waals surface area contributed by atoms with Crippen LogP contribution in [0.15, 0.2) is 12.2 Å². The van der Waals surface area contributed by atoms with Gasteiger partial charge in [-0.3, -0.25) is 0 Å². The predicted molar refractivity (Wildman–Crippen MR) is 55.0 cm³/mol. The van der Waals surface area contributed by atoms with E-state index in [0.717, 1.165) is 0 Å². The minimum atomic E-state index is 1.19. The molecule has 0 N–H and O–H groups in total. The van der Waals surface area contributed by atoms with Gasteiger partial charge in [0.1, 0.15) is 0 Å². The molecule has 1 aliphatic carbocycles. The Kier molecular flexibility index (Phi) is 6.05. The van der Waals surface area contributed by atoms with E-state index in [2.05, 4.69) is 18.6 Å². The van der Waals surface area contributed by atoms with Crippen molar-refractivity contribution in [2.24, 2.45) is 0 Å². The monoisotopic (exact) mass is 165 g/mol. The van der Waals surface area contributed by atoms with Gasteiger partial charge in [-0.2, -0.15) is 0 Å². The maximum Gasteiger partial charge on any atom is -0.0319 e. The zero-order chi connectivity index (χ0) is 8.49. The smallest absolute Gasteiger partial charge is 0.0319 e. The first-order chi connectivity index (χ1) is 6.00. The molecule has 12 heavy (non-hydrogen) atoms. The van der Waals surface area contributed by atoms with E-state index in [1.165, 1.54) is 57.8 Å². The normalized spacial score (nSPS) is 22.7. The van der Waals surface area contributed by atoms with Crippen LogP contribution in [0.4, 0.5) is 0 Å². The first kappa shape index (κ1) is 9.83. The Labute approximate surface area is 77.1 Å². The number of allylic oxidation sites excluding steroid dienone is 2. The van der Waals surface area contributed by atoms with Crippen LogP contribution in [-0.4, -0.2) is 0 Å². The van der Waals surface area contributed by atoms with E-state index in [-0.39, 0.29) is 0 Å². The van der Waals surface area contributed by atoms with Gasteiger partial charge in [0.25, 0.3) is 0 Å². The largest absolute Gasteiger partial charge is 0.0885 e. The first-order valence-electron chi connectivity index (χ1n) is 5.47. The van der Waals surface area contributed by atoms with Crippen LogP contribution in [0.3, 0.4) is 0 Å². The van der Waals surface area contributed by atoms with Crippen LogP contribution in [0.5, 0.6) is 0 Å². The Morgan fingerprint density at radius 1 is 0.583 bits per heavy atom. The summed E-state index contributed by atoms with van der Waals surface area (Å²) in [5, 5.41) is 0. The van der Waals surface area contributed by atoms with Crippen LogP contribution >= 0.6 is 0 Å². The van der Waals surface area contributed by atoms with Gasteiger partial charge in [-0.25, -0.2) is 0 Å². The van der Waals surface area contributed by atoms with Crippen LogP contribution in [0.25, 0.3) is 0 Å². The summed E-state index contributed by atoms with van der Waals surface area (Å²) in [5.41, 5.74) is 0. The lowest BCUT2D eigenvalue weighted by atomic mass is 10.0. The molecule has 1 radical (unpaired) electrons. The fraction of sp³-hybridized carbons (Fsp3) is 0.750. The van der Waals surface area contributed by atoms with E-state index in [1.54, 1.807) is 0 Å². The Morgan fingerprint density at radius 3 is 2.08 bits per heavy atom. The van der Waals surface area contributed by atoms with Crippen molar-refractivity contribution in [2.75, 3.05) is 0 Å². The van der Waals surface area contributed by atoms with E-state index in [0.29, 0.717) is 0 Å². The lowest BCUT2D eigenvalue weighted by molar-refractivity contribution is 0.591. The van der Waals surface area contributed by atoms with Crippen molar-refractivity contribution in [3.63, 3.8) is 0 Å². The van der Waals surface area contributed by atoms with Gasteiger partial charge in [-0.05, 0) is 32.1 Å². The third kappa shape index (κ3) is 5.40. The van der Waals surface area contributed by atoms with E-state index in [4.69, 9.17) is 0 Å². The van der Waals surface area contributed by atoms with Gasteiger partial charge >= 0.3 is 0 Å². The standard InChI is InChI=1S/C12H21/c1-2-4-6-8-10-12-11-9-7-5-3-1/h1-2,5H,3-4,6-12H2. The van der Waals surface area contributed by atoms with Crippen molar-refractivity contribution in [2.45, 2.75) is 57.8 Å². The van der Waals surface area contributed by atoms with Crippen LogP contribution in [0.2, 0.25) is 0 Å². The molecule has 69 valence electrons. The van der Waals surface area contributed by atoms with Gasteiger partial charge in [0.05, 0.1) is 0 Å². The second kappa shape index (κ2) is 7.39. The third-order valence-electron chi connectivity index (χ3n) is 2.50. The van der Waals surface area contributed by atoms with Gasteiger partial charge in [0.2, 0.25) is 0 Å². The average molecular weight is 165 g/mol. The van der Waals surface area contributed by atoms with Crippen molar-refractivity contribution < 1.29 is 0 Å². The van der Waals surface area contributed by atoms with Crippen molar-refractivity contribution in [1.29, 1.82) is 0 Å². The molecule has 0 saturated carbocycles. The third-order valence-corrected chi connectivity index (χ3v) is 2.50. The molecule has 0 heterocycles. The highest BCUT2D eigenvalue weighted by Crippen LogP contribution is 2.12. The molecule has 0 unspecified atom stereocenters. The summed E-state index contributed by atoms with van der Waals surface area (Å²) >= 11 is 0. The highest BCUT2D eigenvalue weighted by atomic mass is 14.0. The van der Waals surface area contributed by atoms with Crippen molar-refractivity contribution >= 4 is 0 Å².